The van der Waals surface area contributed by atoms with E-state index in [9.17, 15) is 9.59 Å². The molecule has 2 aromatic rings. The molecule has 3 heterocycles. The van der Waals surface area contributed by atoms with Crippen molar-refractivity contribution in [2.75, 3.05) is 13.1 Å². The molecule has 0 unspecified atom stereocenters. The molecule has 0 bridgehead atoms. The van der Waals surface area contributed by atoms with Gasteiger partial charge in [-0.05, 0) is 36.3 Å². The first-order valence-electron chi connectivity index (χ1n) is 8.84. The van der Waals surface area contributed by atoms with Gasteiger partial charge in [0.05, 0.1) is 5.56 Å². The molecule has 0 saturated carbocycles. The molecule has 2 saturated heterocycles. The summed E-state index contributed by atoms with van der Waals surface area (Å²) >= 11 is 1.55. The number of carbonyl (C=O) groups is 2. The van der Waals surface area contributed by atoms with Crippen LogP contribution in [0.4, 0.5) is 0 Å². The van der Waals surface area contributed by atoms with E-state index in [4.69, 9.17) is 0 Å². The Bertz CT molecular complexity index is 749. The quantitative estimate of drug-likeness (QED) is 0.846. The zero-order chi connectivity index (χ0) is 17.3. The van der Waals surface area contributed by atoms with Crippen molar-refractivity contribution in [1.82, 2.24) is 9.80 Å². The molecule has 1 spiro atoms. The standard InChI is InChI=1S/C20H22N2O2S/c23-18-6-8-20(22(18)14-16-4-2-1-3-5-16)9-11-21(12-10-20)19(24)17-7-13-25-15-17/h1-5,7,13,15H,6,8-12,14H2. The number of likely N-dealkylation sites (tertiary alicyclic amines) is 2. The number of thiophene rings is 1. The zero-order valence-electron chi connectivity index (χ0n) is 14.2. The number of rotatable bonds is 3. The minimum absolute atomic E-state index is 0.0711. The first kappa shape index (κ1) is 16.3. The monoisotopic (exact) mass is 354 g/mol. The second-order valence-corrected chi connectivity index (χ2v) is 7.77. The molecule has 4 nitrogen and oxygen atoms in total. The molecule has 2 fully saturated rings. The fourth-order valence-electron chi connectivity index (χ4n) is 4.11. The predicted octanol–water partition coefficient (Wildman–Crippen LogP) is 3.55. The Hall–Kier alpha value is -2.14. The summed E-state index contributed by atoms with van der Waals surface area (Å²) in [5, 5.41) is 3.85. The van der Waals surface area contributed by atoms with Crippen molar-refractivity contribution in [2.45, 2.75) is 37.8 Å². The van der Waals surface area contributed by atoms with Crippen LogP contribution >= 0.6 is 11.3 Å². The lowest BCUT2D eigenvalue weighted by Crippen LogP contribution is -2.53. The van der Waals surface area contributed by atoms with Crippen molar-refractivity contribution < 1.29 is 9.59 Å². The maximum absolute atomic E-state index is 12.6. The number of hydrogen-bond donors (Lipinski definition) is 0. The van der Waals surface area contributed by atoms with E-state index in [0.717, 1.165) is 37.9 Å². The summed E-state index contributed by atoms with van der Waals surface area (Å²) in [5.74, 6) is 0.372. The molecule has 0 atom stereocenters. The van der Waals surface area contributed by atoms with Crippen LogP contribution in [0.3, 0.4) is 0 Å². The average molecular weight is 354 g/mol. The third-order valence-electron chi connectivity index (χ3n) is 5.61. The maximum Gasteiger partial charge on any atom is 0.254 e. The fourth-order valence-corrected chi connectivity index (χ4v) is 4.74. The maximum atomic E-state index is 12.6. The lowest BCUT2D eigenvalue weighted by molar-refractivity contribution is -0.133. The first-order chi connectivity index (χ1) is 12.2. The van der Waals surface area contributed by atoms with Crippen LogP contribution in [0.15, 0.2) is 47.2 Å². The van der Waals surface area contributed by atoms with Gasteiger partial charge in [-0.15, -0.1) is 0 Å². The average Bonchev–Trinajstić information content (AvgIpc) is 3.28. The third kappa shape index (κ3) is 3.09. The highest BCUT2D eigenvalue weighted by Gasteiger charge is 2.47. The highest BCUT2D eigenvalue weighted by atomic mass is 32.1. The number of benzene rings is 1. The summed E-state index contributed by atoms with van der Waals surface area (Å²) in [6.07, 6.45) is 3.30. The van der Waals surface area contributed by atoms with Gasteiger partial charge in [-0.2, -0.15) is 11.3 Å². The zero-order valence-corrected chi connectivity index (χ0v) is 15.0. The van der Waals surface area contributed by atoms with Crippen molar-refractivity contribution in [3.05, 3.63) is 58.3 Å². The lowest BCUT2D eigenvalue weighted by atomic mass is 9.84. The molecule has 0 radical (unpaired) electrons. The summed E-state index contributed by atoms with van der Waals surface area (Å²) in [7, 11) is 0. The summed E-state index contributed by atoms with van der Waals surface area (Å²) in [6.45, 7) is 2.14. The largest absolute Gasteiger partial charge is 0.338 e. The van der Waals surface area contributed by atoms with Crippen LogP contribution in [0.5, 0.6) is 0 Å². The second-order valence-electron chi connectivity index (χ2n) is 6.99. The van der Waals surface area contributed by atoms with Crippen LogP contribution < -0.4 is 0 Å². The SMILES string of the molecule is O=C(c1ccsc1)N1CCC2(CCC(=O)N2Cc2ccccc2)CC1. The molecule has 1 aromatic heterocycles. The molecular formula is C20H22N2O2S. The molecule has 1 aromatic carbocycles. The normalized spacial score (nSPS) is 19.6. The van der Waals surface area contributed by atoms with Crippen molar-refractivity contribution in [3.8, 4) is 0 Å². The number of hydrogen-bond acceptors (Lipinski definition) is 3. The minimum Gasteiger partial charge on any atom is -0.338 e. The van der Waals surface area contributed by atoms with E-state index in [1.54, 1.807) is 11.3 Å². The van der Waals surface area contributed by atoms with Crippen LogP contribution in [-0.2, 0) is 11.3 Å². The van der Waals surface area contributed by atoms with Crippen LogP contribution in [0.25, 0.3) is 0 Å². The van der Waals surface area contributed by atoms with Crippen molar-refractivity contribution in [3.63, 3.8) is 0 Å². The van der Waals surface area contributed by atoms with Crippen LogP contribution in [-0.4, -0.2) is 40.2 Å². The fraction of sp³-hybridized carbons (Fsp3) is 0.400. The van der Waals surface area contributed by atoms with E-state index >= 15 is 0 Å². The van der Waals surface area contributed by atoms with Crippen molar-refractivity contribution >= 4 is 23.2 Å². The Morgan fingerprint density at radius 1 is 1.08 bits per heavy atom. The third-order valence-corrected chi connectivity index (χ3v) is 6.29. The first-order valence-corrected chi connectivity index (χ1v) is 9.78. The van der Waals surface area contributed by atoms with E-state index in [1.807, 2.05) is 39.9 Å². The Morgan fingerprint density at radius 3 is 2.52 bits per heavy atom. The van der Waals surface area contributed by atoms with Gasteiger partial charge in [0.1, 0.15) is 0 Å². The summed E-state index contributed by atoms with van der Waals surface area (Å²) in [6, 6.07) is 12.1. The molecule has 2 aliphatic rings. The molecule has 0 N–H and O–H groups in total. The highest BCUT2D eigenvalue weighted by Crippen LogP contribution is 2.40. The Labute approximate surface area is 152 Å². The number of amides is 2. The highest BCUT2D eigenvalue weighted by molar-refractivity contribution is 7.08. The van der Waals surface area contributed by atoms with Crippen LogP contribution in [0.1, 0.15) is 41.6 Å². The number of nitrogens with zero attached hydrogens (tertiary/aromatic N) is 2. The number of piperidine rings is 1. The van der Waals surface area contributed by atoms with E-state index < -0.39 is 0 Å². The van der Waals surface area contributed by atoms with Crippen LogP contribution in [0.2, 0.25) is 0 Å². The Morgan fingerprint density at radius 2 is 1.84 bits per heavy atom. The minimum atomic E-state index is -0.0711. The summed E-state index contributed by atoms with van der Waals surface area (Å²) < 4.78 is 0. The molecule has 0 aliphatic carbocycles. The number of carbonyl (C=O) groups excluding carboxylic acids is 2. The Balaban J connectivity index is 1.47. The van der Waals surface area contributed by atoms with Gasteiger partial charge in [0.25, 0.3) is 5.91 Å². The van der Waals surface area contributed by atoms with Gasteiger partial charge in [-0.3, -0.25) is 9.59 Å². The molecule has 25 heavy (non-hydrogen) atoms. The van der Waals surface area contributed by atoms with Gasteiger partial charge >= 0.3 is 0 Å². The van der Waals surface area contributed by atoms with Crippen LogP contribution in [0, 0.1) is 0 Å². The second kappa shape index (κ2) is 6.64. The van der Waals surface area contributed by atoms with E-state index in [1.165, 1.54) is 5.56 Å². The van der Waals surface area contributed by atoms with Gasteiger partial charge in [0.2, 0.25) is 5.91 Å². The van der Waals surface area contributed by atoms with Gasteiger partial charge < -0.3 is 9.80 Å². The van der Waals surface area contributed by atoms with Gasteiger partial charge in [-0.1, -0.05) is 30.3 Å². The smallest absolute Gasteiger partial charge is 0.254 e. The summed E-state index contributed by atoms with van der Waals surface area (Å²) in [5.41, 5.74) is 1.89. The van der Waals surface area contributed by atoms with E-state index in [-0.39, 0.29) is 17.4 Å². The molecule has 2 amide bonds. The van der Waals surface area contributed by atoms with Crippen molar-refractivity contribution in [2.24, 2.45) is 0 Å². The molecule has 130 valence electrons. The summed E-state index contributed by atoms with van der Waals surface area (Å²) in [4.78, 5) is 29.1. The van der Waals surface area contributed by atoms with E-state index in [0.29, 0.717) is 13.0 Å². The molecule has 5 heteroatoms. The van der Waals surface area contributed by atoms with Crippen molar-refractivity contribution in [1.29, 1.82) is 0 Å². The van der Waals surface area contributed by atoms with Gasteiger partial charge in [0, 0.05) is 37.0 Å². The lowest BCUT2D eigenvalue weighted by Gasteiger charge is -2.45. The Kier molecular flexibility index (Phi) is 4.34. The van der Waals surface area contributed by atoms with E-state index in [2.05, 4.69) is 17.0 Å². The molecule has 4 rings (SSSR count). The van der Waals surface area contributed by atoms with Gasteiger partial charge in [-0.25, -0.2) is 0 Å². The topological polar surface area (TPSA) is 40.6 Å². The molecular weight excluding hydrogens is 332 g/mol. The van der Waals surface area contributed by atoms with Gasteiger partial charge in [0.15, 0.2) is 0 Å². The predicted molar refractivity (Wildman–Crippen MR) is 98.4 cm³/mol. The molecule has 2 aliphatic heterocycles.